The molecule has 1 amide bonds. The van der Waals surface area contributed by atoms with Crippen LogP contribution in [0.15, 0.2) is 18.2 Å². The Kier molecular flexibility index (Phi) is 7.61. The second-order valence-corrected chi connectivity index (χ2v) is 4.92. The highest BCUT2D eigenvalue weighted by Gasteiger charge is 2.12. The summed E-state index contributed by atoms with van der Waals surface area (Å²) < 4.78 is 11.0. The lowest BCUT2D eigenvalue weighted by Crippen LogP contribution is -2.29. The lowest BCUT2D eigenvalue weighted by molar-refractivity contribution is 0.0947. The third-order valence-electron chi connectivity index (χ3n) is 3.08. The molecule has 1 rings (SSSR count). The lowest BCUT2D eigenvalue weighted by Gasteiger charge is -2.14. The smallest absolute Gasteiger partial charge is 0.251 e. The van der Waals surface area contributed by atoms with Gasteiger partial charge in [-0.3, -0.25) is 4.79 Å². The zero-order chi connectivity index (χ0) is 15.7. The molecule has 1 unspecified atom stereocenters. The molecule has 0 fully saturated rings. The standard InChI is InChI=1S/C16H26N2O3/c1-4-20-14-7-6-13(10-15(14)21-5-2)16(19)18-11-12(3)8-9-17/h6-7,10,12H,4-5,8-9,11,17H2,1-3H3,(H,18,19). The topological polar surface area (TPSA) is 73.6 Å². The molecule has 0 saturated carbocycles. The van der Waals surface area contributed by atoms with Gasteiger partial charge in [-0.1, -0.05) is 6.92 Å². The number of ether oxygens (including phenoxy) is 2. The monoisotopic (exact) mass is 294 g/mol. The van der Waals surface area contributed by atoms with E-state index in [1.54, 1.807) is 18.2 Å². The van der Waals surface area contributed by atoms with Crippen LogP contribution in [0.25, 0.3) is 0 Å². The maximum absolute atomic E-state index is 12.1. The van der Waals surface area contributed by atoms with Gasteiger partial charge >= 0.3 is 0 Å². The summed E-state index contributed by atoms with van der Waals surface area (Å²) in [4.78, 5) is 12.1. The molecule has 21 heavy (non-hydrogen) atoms. The molecule has 3 N–H and O–H groups in total. The SMILES string of the molecule is CCOc1ccc(C(=O)NCC(C)CCN)cc1OCC. The number of amides is 1. The van der Waals surface area contributed by atoms with Crippen molar-refractivity contribution < 1.29 is 14.3 Å². The molecule has 0 saturated heterocycles. The Morgan fingerprint density at radius 2 is 1.90 bits per heavy atom. The van der Waals surface area contributed by atoms with Crippen LogP contribution in [-0.2, 0) is 0 Å². The molecule has 1 atom stereocenters. The summed E-state index contributed by atoms with van der Waals surface area (Å²) in [7, 11) is 0. The molecule has 0 spiro atoms. The third kappa shape index (κ3) is 5.63. The fourth-order valence-corrected chi connectivity index (χ4v) is 1.95. The van der Waals surface area contributed by atoms with E-state index in [4.69, 9.17) is 15.2 Å². The van der Waals surface area contributed by atoms with Crippen LogP contribution in [0.4, 0.5) is 0 Å². The number of hydrogen-bond acceptors (Lipinski definition) is 4. The molecule has 0 aromatic heterocycles. The largest absolute Gasteiger partial charge is 0.490 e. The quantitative estimate of drug-likeness (QED) is 0.732. The lowest BCUT2D eigenvalue weighted by atomic mass is 10.1. The average molecular weight is 294 g/mol. The fraction of sp³-hybridized carbons (Fsp3) is 0.562. The van der Waals surface area contributed by atoms with Crippen molar-refractivity contribution in [1.29, 1.82) is 0 Å². The van der Waals surface area contributed by atoms with Crippen LogP contribution in [0.2, 0.25) is 0 Å². The summed E-state index contributed by atoms with van der Waals surface area (Å²) in [5.41, 5.74) is 6.07. The molecular formula is C16H26N2O3. The number of nitrogens with one attached hydrogen (secondary N) is 1. The third-order valence-corrected chi connectivity index (χ3v) is 3.08. The van der Waals surface area contributed by atoms with Crippen LogP contribution in [0, 0.1) is 5.92 Å². The Balaban J connectivity index is 2.73. The molecule has 0 bridgehead atoms. The van der Waals surface area contributed by atoms with Gasteiger partial charge in [-0.05, 0) is 50.9 Å². The van der Waals surface area contributed by atoms with Gasteiger partial charge in [-0.2, -0.15) is 0 Å². The minimum Gasteiger partial charge on any atom is -0.490 e. The summed E-state index contributed by atoms with van der Waals surface area (Å²) >= 11 is 0. The summed E-state index contributed by atoms with van der Waals surface area (Å²) in [5.74, 6) is 1.52. The van der Waals surface area contributed by atoms with Crippen LogP contribution in [-0.4, -0.2) is 32.2 Å². The molecule has 1 aromatic carbocycles. The first-order valence-corrected chi connectivity index (χ1v) is 7.50. The van der Waals surface area contributed by atoms with E-state index in [2.05, 4.69) is 12.2 Å². The van der Waals surface area contributed by atoms with E-state index in [1.165, 1.54) is 0 Å². The highest BCUT2D eigenvalue weighted by molar-refractivity contribution is 5.94. The maximum atomic E-state index is 12.1. The first kappa shape index (κ1) is 17.3. The Morgan fingerprint density at radius 3 is 2.52 bits per heavy atom. The van der Waals surface area contributed by atoms with Crippen molar-refractivity contribution in [3.8, 4) is 11.5 Å². The minimum atomic E-state index is -0.108. The van der Waals surface area contributed by atoms with Gasteiger partial charge in [0.15, 0.2) is 11.5 Å². The average Bonchev–Trinajstić information content (AvgIpc) is 2.47. The Morgan fingerprint density at radius 1 is 1.24 bits per heavy atom. The van der Waals surface area contributed by atoms with Gasteiger partial charge in [0.2, 0.25) is 0 Å². The van der Waals surface area contributed by atoms with Crippen molar-refractivity contribution >= 4 is 5.91 Å². The molecule has 1 aromatic rings. The molecule has 0 aliphatic heterocycles. The molecule has 118 valence electrons. The molecule has 0 radical (unpaired) electrons. The van der Waals surface area contributed by atoms with Crippen molar-refractivity contribution in [3.63, 3.8) is 0 Å². The number of nitrogens with two attached hydrogens (primary N) is 1. The summed E-state index contributed by atoms with van der Waals surface area (Å²) in [5, 5.41) is 2.91. The van der Waals surface area contributed by atoms with Crippen LogP contribution < -0.4 is 20.5 Å². The van der Waals surface area contributed by atoms with E-state index < -0.39 is 0 Å². The van der Waals surface area contributed by atoms with Crippen molar-refractivity contribution in [3.05, 3.63) is 23.8 Å². The van der Waals surface area contributed by atoms with Crippen molar-refractivity contribution in [2.75, 3.05) is 26.3 Å². The van der Waals surface area contributed by atoms with Gasteiger partial charge in [-0.25, -0.2) is 0 Å². The molecule has 0 heterocycles. The van der Waals surface area contributed by atoms with E-state index in [0.29, 0.717) is 49.3 Å². The van der Waals surface area contributed by atoms with Gasteiger partial charge in [-0.15, -0.1) is 0 Å². The number of carbonyl (C=O) groups excluding carboxylic acids is 1. The Labute approximate surface area is 126 Å². The highest BCUT2D eigenvalue weighted by atomic mass is 16.5. The van der Waals surface area contributed by atoms with Gasteiger partial charge in [0.05, 0.1) is 13.2 Å². The van der Waals surface area contributed by atoms with Crippen LogP contribution in [0.5, 0.6) is 11.5 Å². The van der Waals surface area contributed by atoms with E-state index in [0.717, 1.165) is 6.42 Å². The number of carbonyl (C=O) groups is 1. The van der Waals surface area contributed by atoms with Crippen LogP contribution in [0.3, 0.4) is 0 Å². The van der Waals surface area contributed by atoms with E-state index in [1.807, 2.05) is 13.8 Å². The van der Waals surface area contributed by atoms with Gasteiger partial charge < -0.3 is 20.5 Å². The second-order valence-electron chi connectivity index (χ2n) is 4.92. The Bertz CT molecular complexity index is 449. The first-order valence-electron chi connectivity index (χ1n) is 7.50. The minimum absolute atomic E-state index is 0.108. The summed E-state index contributed by atoms with van der Waals surface area (Å²) in [6, 6.07) is 5.24. The molecule has 0 aliphatic rings. The molecular weight excluding hydrogens is 268 g/mol. The van der Waals surface area contributed by atoms with E-state index in [9.17, 15) is 4.79 Å². The maximum Gasteiger partial charge on any atom is 0.251 e. The first-order chi connectivity index (χ1) is 10.1. The van der Waals surface area contributed by atoms with Crippen molar-refractivity contribution in [2.24, 2.45) is 11.7 Å². The second kappa shape index (κ2) is 9.23. The van der Waals surface area contributed by atoms with Crippen molar-refractivity contribution in [1.82, 2.24) is 5.32 Å². The van der Waals surface area contributed by atoms with Crippen LogP contribution >= 0.6 is 0 Å². The molecule has 5 heteroatoms. The summed E-state index contributed by atoms with van der Waals surface area (Å²) in [6.07, 6.45) is 0.897. The highest BCUT2D eigenvalue weighted by Crippen LogP contribution is 2.28. The number of benzene rings is 1. The van der Waals surface area contributed by atoms with Gasteiger partial charge in [0.25, 0.3) is 5.91 Å². The predicted octanol–water partition coefficient (Wildman–Crippen LogP) is 2.20. The molecule has 0 aliphatic carbocycles. The van der Waals surface area contributed by atoms with Gasteiger partial charge in [0, 0.05) is 12.1 Å². The predicted molar refractivity (Wildman–Crippen MR) is 83.9 cm³/mol. The van der Waals surface area contributed by atoms with E-state index >= 15 is 0 Å². The zero-order valence-corrected chi connectivity index (χ0v) is 13.1. The number of hydrogen-bond donors (Lipinski definition) is 2. The van der Waals surface area contributed by atoms with Crippen molar-refractivity contribution in [2.45, 2.75) is 27.2 Å². The molecule has 5 nitrogen and oxygen atoms in total. The van der Waals surface area contributed by atoms with Crippen LogP contribution in [0.1, 0.15) is 37.6 Å². The fourth-order valence-electron chi connectivity index (χ4n) is 1.95. The Hall–Kier alpha value is -1.75. The summed E-state index contributed by atoms with van der Waals surface area (Å²) in [6.45, 7) is 8.21. The zero-order valence-electron chi connectivity index (χ0n) is 13.1. The normalized spacial score (nSPS) is 11.8. The van der Waals surface area contributed by atoms with E-state index in [-0.39, 0.29) is 5.91 Å². The number of rotatable bonds is 9. The van der Waals surface area contributed by atoms with Gasteiger partial charge in [0.1, 0.15) is 0 Å².